The van der Waals surface area contributed by atoms with E-state index < -0.39 is 11.7 Å². The van der Waals surface area contributed by atoms with Crippen LogP contribution in [0, 0.1) is 19.8 Å². The number of aryl methyl sites for hydroxylation is 2. The molecule has 1 fully saturated rings. The molecule has 30 heavy (non-hydrogen) atoms. The SMILES string of the molecule is Cc1ccc(C(=O)N2CCC(CNC(=O)CCNC(=O)OC(C)(C)C)CC2)cc1C. The van der Waals surface area contributed by atoms with Crippen LogP contribution in [-0.4, -0.2) is 54.6 Å². The van der Waals surface area contributed by atoms with Crippen molar-refractivity contribution >= 4 is 17.9 Å². The van der Waals surface area contributed by atoms with E-state index in [1.165, 1.54) is 5.56 Å². The summed E-state index contributed by atoms with van der Waals surface area (Å²) >= 11 is 0. The van der Waals surface area contributed by atoms with Gasteiger partial charge in [0.15, 0.2) is 0 Å². The van der Waals surface area contributed by atoms with Crippen LogP contribution in [-0.2, 0) is 9.53 Å². The van der Waals surface area contributed by atoms with Crippen molar-refractivity contribution in [2.45, 2.75) is 59.5 Å². The van der Waals surface area contributed by atoms with Crippen molar-refractivity contribution in [3.05, 3.63) is 34.9 Å². The first-order chi connectivity index (χ1) is 14.0. The van der Waals surface area contributed by atoms with Gasteiger partial charge in [0.1, 0.15) is 5.60 Å². The molecule has 1 aromatic carbocycles. The van der Waals surface area contributed by atoms with Crippen LogP contribution in [0.3, 0.4) is 0 Å². The Balaban J connectivity index is 1.66. The second-order valence-electron chi connectivity index (χ2n) is 9.02. The Hall–Kier alpha value is -2.57. The maximum Gasteiger partial charge on any atom is 0.407 e. The number of benzene rings is 1. The number of nitrogens with zero attached hydrogens (tertiary/aromatic N) is 1. The molecule has 2 N–H and O–H groups in total. The zero-order valence-electron chi connectivity index (χ0n) is 18.8. The zero-order valence-corrected chi connectivity index (χ0v) is 18.8. The number of likely N-dealkylation sites (tertiary alicyclic amines) is 1. The summed E-state index contributed by atoms with van der Waals surface area (Å²) in [5.41, 5.74) is 2.49. The van der Waals surface area contributed by atoms with Crippen LogP contribution in [0.4, 0.5) is 4.79 Å². The molecule has 0 radical (unpaired) electrons. The average Bonchev–Trinajstić information content (AvgIpc) is 2.67. The molecule has 1 aliphatic heterocycles. The minimum absolute atomic E-state index is 0.0776. The van der Waals surface area contributed by atoms with E-state index in [0.29, 0.717) is 25.6 Å². The van der Waals surface area contributed by atoms with Gasteiger partial charge in [-0.05, 0) is 76.6 Å². The number of hydrogen-bond acceptors (Lipinski definition) is 4. The van der Waals surface area contributed by atoms with E-state index in [4.69, 9.17) is 4.74 Å². The second-order valence-corrected chi connectivity index (χ2v) is 9.02. The summed E-state index contributed by atoms with van der Waals surface area (Å²) in [6, 6.07) is 5.83. The van der Waals surface area contributed by atoms with Crippen LogP contribution < -0.4 is 10.6 Å². The molecule has 0 atom stereocenters. The first-order valence-corrected chi connectivity index (χ1v) is 10.7. The van der Waals surface area contributed by atoms with Crippen molar-refractivity contribution in [1.29, 1.82) is 0 Å². The number of ether oxygens (including phenoxy) is 1. The summed E-state index contributed by atoms with van der Waals surface area (Å²) in [5, 5.41) is 5.51. The number of amides is 3. The highest BCUT2D eigenvalue weighted by Crippen LogP contribution is 2.19. The number of nitrogens with one attached hydrogen (secondary N) is 2. The molecule has 7 nitrogen and oxygen atoms in total. The molecular formula is C23H35N3O4. The second kappa shape index (κ2) is 10.5. The lowest BCUT2D eigenvalue weighted by Gasteiger charge is -2.32. The van der Waals surface area contributed by atoms with Gasteiger partial charge in [-0.3, -0.25) is 9.59 Å². The van der Waals surface area contributed by atoms with Gasteiger partial charge in [-0.25, -0.2) is 4.79 Å². The summed E-state index contributed by atoms with van der Waals surface area (Å²) in [6.07, 6.45) is 1.43. The van der Waals surface area contributed by atoms with Gasteiger partial charge in [-0.1, -0.05) is 6.07 Å². The van der Waals surface area contributed by atoms with E-state index >= 15 is 0 Å². The van der Waals surface area contributed by atoms with Crippen LogP contribution in [0.25, 0.3) is 0 Å². The summed E-state index contributed by atoms with van der Waals surface area (Å²) in [6.45, 7) is 11.7. The fourth-order valence-electron chi connectivity index (χ4n) is 3.34. The Morgan fingerprint density at radius 3 is 2.33 bits per heavy atom. The Morgan fingerprint density at radius 1 is 1.07 bits per heavy atom. The Morgan fingerprint density at radius 2 is 1.73 bits per heavy atom. The molecule has 1 aliphatic rings. The molecule has 7 heteroatoms. The highest BCUT2D eigenvalue weighted by Gasteiger charge is 2.24. The number of piperidine rings is 1. The highest BCUT2D eigenvalue weighted by atomic mass is 16.6. The minimum atomic E-state index is -0.555. The smallest absolute Gasteiger partial charge is 0.407 e. The molecule has 0 unspecified atom stereocenters. The standard InChI is InChI=1S/C23H35N3O4/c1-16-6-7-19(14-17(16)2)21(28)26-12-9-18(10-13-26)15-25-20(27)8-11-24-22(29)30-23(3,4)5/h6-7,14,18H,8-13,15H2,1-5H3,(H,24,29)(H,25,27). The van der Waals surface area contributed by atoms with Crippen molar-refractivity contribution in [3.63, 3.8) is 0 Å². The van der Waals surface area contributed by atoms with E-state index in [1.54, 1.807) is 20.8 Å². The normalized spacial score (nSPS) is 14.9. The van der Waals surface area contributed by atoms with Crippen molar-refractivity contribution in [2.24, 2.45) is 5.92 Å². The molecule has 2 rings (SSSR count). The third-order valence-corrected chi connectivity index (χ3v) is 5.26. The first kappa shape index (κ1) is 23.7. The van der Waals surface area contributed by atoms with Crippen LogP contribution in [0.15, 0.2) is 18.2 Å². The number of alkyl carbamates (subject to hydrolysis) is 1. The largest absolute Gasteiger partial charge is 0.444 e. The quantitative estimate of drug-likeness (QED) is 0.744. The molecule has 0 bridgehead atoms. The number of rotatable bonds is 6. The third-order valence-electron chi connectivity index (χ3n) is 5.26. The molecule has 0 saturated carbocycles. The third kappa shape index (κ3) is 7.69. The molecule has 1 aromatic rings. The van der Waals surface area contributed by atoms with Crippen molar-refractivity contribution in [2.75, 3.05) is 26.2 Å². The van der Waals surface area contributed by atoms with E-state index in [-0.39, 0.29) is 24.8 Å². The van der Waals surface area contributed by atoms with Crippen molar-refractivity contribution in [1.82, 2.24) is 15.5 Å². The maximum atomic E-state index is 12.7. The van der Waals surface area contributed by atoms with Crippen molar-refractivity contribution in [3.8, 4) is 0 Å². The minimum Gasteiger partial charge on any atom is -0.444 e. The van der Waals surface area contributed by atoms with Gasteiger partial charge in [-0.15, -0.1) is 0 Å². The summed E-state index contributed by atoms with van der Waals surface area (Å²) in [5.74, 6) is 0.338. The molecule has 0 aromatic heterocycles. The van der Waals surface area contributed by atoms with Gasteiger partial charge in [-0.2, -0.15) is 0 Å². The van der Waals surface area contributed by atoms with E-state index in [0.717, 1.165) is 24.0 Å². The Labute approximate surface area is 179 Å². The predicted octanol–water partition coefficient (Wildman–Crippen LogP) is 3.19. The molecule has 1 heterocycles. The lowest BCUT2D eigenvalue weighted by molar-refractivity contribution is -0.121. The summed E-state index contributed by atoms with van der Waals surface area (Å²) in [4.78, 5) is 38.2. The highest BCUT2D eigenvalue weighted by molar-refractivity contribution is 5.94. The molecule has 0 spiro atoms. The Bertz CT molecular complexity index is 762. The Kier molecular flexibility index (Phi) is 8.26. The average molecular weight is 418 g/mol. The van der Waals surface area contributed by atoms with E-state index in [1.807, 2.05) is 36.9 Å². The fraction of sp³-hybridized carbons (Fsp3) is 0.609. The lowest BCUT2D eigenvalue weighted by atomic mass is 9.96. The van der Waals surface area contributed by atoms with E-state index in [9.17, 15) is 14.4 Å². The van der Waals surface area contributed by atoms with E-state index in [2.05, 4.69) is 10.6 Å². The van der Waals surface area contributed by atoms with Crippen LogP contribution in [0.5, 0.6) is 0 Å². The molecule has 1 saturated heterocycles. The van der Waals surface area contributed by atoms with Crippen LogP contribution >= 0.6 is 0 Å². The summed E-state index contributed by atoms with van der Waals surface area (Å²) < 4.78 is 5.13. The first-order valence-electron chi connectivity index (χ1n) is 10.7. The van der Waals surface area contributed by atoms with Gasteiger partial charge in [0.05, 0.1) is 0 Å². The molecular weight excluding hydrogens is 382 g/mol. The van der Waals surface area contributed by atoms with Gasteiger partial charge in [0.2, 0.25) is 5.91 Å². The van der Waals surface area contributed by atoms with Gasteiger partial charge in [0.25, 0.3) is 5.91 Å². The number of carbonyl (C=O) groups excluding carboxylic acids is 3. The fourth-order valence-corrected chi connectivity index (χ4v) is 3.34. The van der Waals surface area contributed by atoms with Gasteiger partial charge < -0.3 is 20.3 Å². The number of carbonyl (C=O) groups is 3. The molecule has 166 valence electrons. The predicted molar refractivity (Wildman–Crippen MR) is 116 cm³/mol. The topological polar surface area (TPSA) is 87.7 Å². The van der Waals surface area contributed by atoms with Crippen LogP contribution in [0.1, 0.15) is 61.5 Å². The number of hydrogen-bond donors (Lipinski definition) is 2. The maximum absolute atomic E-state index is 12.7. The summed E-state index contributed by atoms with van der Waals surface area (Å²) in [7, 11) is 0. The monoisotopic (exact) mass is 417 g/mol. The molecule has 3 amide bonds. The van der Waals surface area contributed by atoms with Gasteiger partial charge >= 0.3 is 6.09 Å². The van der Waals surface area contributed by atoms with Crippen LogP contribution in [0.2, 0.25) is 0 Å². The zero-order chi connectivity index (χ0) is 22.3. The van der Waals surface area contributed by atoms with Crippen molar-refractivity contribution < 1.29 is 19.1 Å². The molecule has 0 aliphatic carbocycles. The van der Waals surface area contributed by atoms with Gasteiger partial charge in [0, 0.05) is 38.2 Å². The lowest BCUT2D eigenvalue weighted by Crippen LogP contribution is -2.42.